The molecule has 4 aliphatic carbocycles. The van der Waals surface area contributed by atoms with Crippen molar-refractivity contribution in [2.45, 2.75) is 103 Å². The van der Waals surface area contributed by atoms with E-state index in [1.807, 2.05) is 0 Å². The summed E-state index contributed by atoms with van der Waals surface area (Å²) in [5.41, 5.74) is -0.444. The van der Waals surface area contributed by atoms with Crippen LogP contribution < -0.4 is 0 Å². The quantitative estimate of drug-likeness (QED) is 0.239. The molecule has 4 rings (SSSR count). The SMILES string of the molecule is COC(=O)CC[C@@H](C)[C@@H]1CC[C@@H]2[C@@H]3C(=O)[C@H](Br)[C@@H]4C[C@H](OC(C)=O)CC[C@]4(C)[C@H]3C[C@H](OC(C)=O)[C@]21C. The maximum Gasteiger partial charge on any atom is 0.305 e. The Balaban J connectivity index is 1.67. The van der Waals surface area contributed by atoms with E-state index in [2.05, 4.69) is 36.7 Å². The molecule has 0 aromatic heterocycles. The number of hydrogen-bond donors (Lipinski definition) is 0. The number of esters is 3. The first-order chi connectivity index (χ1) is 17.3. The van der Waals surface area contributed by atoms with E-state index in [-0.39, 0.29) is 87.1 Å². The molecule has 0 heterocycles. The number of alkyl halides is 1. The minimum Gasteiger partial charge on any atom is -0.469 e. The smallest absolute Gasteiger partial charge is 0.305 e. The van der Waals surface area contributed by atoms with Crippen LogP contribution in [0.1, 0.15) is 86.0 Å². The molecular weight excluding hydrogens is 540 g/mol. The van der Waals surface area contributed by atoms with E-state index < -0.39 is 0 Å². The van der Waals surface area contributed by atoms with Crippen LogP contribution in [0, 0.1) is 46.3 Å². The van der Waals surface area contributed by atoms with Crippen LogP contribution in [0.25, 0.3) is 0 Å². The molecule has 0 amide bonds. The van der Waals surface area contributed by atoms with E-state index in [1.165, 1.54) is 21.0 Å². The van der Waals surface area contributed by atoms with Crippen molar-refractivity contribution < 1.29 is 33.4 Å². The Hall–Kier alpha value is -1.44. The van der Waals surface area contributed by atoms with Crippen molar-refractivity contribution in [2.75, 3.05) is 7.11 Å². The highest BCUT2D eigenvalue weighted by Crippen LogP contribution is 2.68. The predicted molar refractivity (Wildman–Crippen MR) is 141 cm³/mol. The fraction of sp³-hybridized carbons (Fsp3) is 0.862. The van der Waals surface area contributed by atoms with Gasteiger partial charge < -0.3 is 14.2 Å². The molecule has 11 atom stereocenters. The van der Waals surface area contributed by atoms with Gasteiger partial charge in [-0.05, 0) is 80.0 Å². The largest absolute Gasteiger partial charge is 0.469 e. The van der Waals surface area contributed by atoms with E-state index in [0.29, 0.717) is 25.7 Å². The summed E-state index contributed by atoms with van der Waals surface area (Å²) in [4.78, 5) is 49.7. The number of Topliss-reactive ketones (excluding diaryl/α,β-unsaturated/α-hetero) is 1. The zero-order valence-electron chi connectivity index (χ0n) is 23.1. The summed E-state index contributed by atoms with van der Waals surface area (Å²) >= 11 is 3.82. The molecule has 4 saturated carbocycles. The second-order valence-corrected chi connectivity index (χ2v) is 13.6. The molecule has 0 aliphatic heterocycles. The predicted octanol–water partition coefficient (Wildman–Crippen LogP) is 5.26. The average molecular weight is 584 g/mol. The average Bonchev–Trinajstić information content (AvgIpc) is 3.19. The molecule has 208 valence electrons. The summed E-state index contributed by atoms with van der Waals surface area (Å²) in [5.74, 6) is 0.197. The molecule has 0 spiro atoms. The van der Waals surface area contributed by atoms with Crippen LogP contribution in [-0.4, -0.2) is 47.8 Å². The Bertz CT molecular complexity index is 935. The maximum atomic E-state index is 14.1. The van der Waals surface area contributed by atoms with Gasteiger partial charge in [0.05, 0.1) is 11.9 Å². The fourth-order valence-corrected chi connectivity index (χ4v) is 10.3. The van der Waals surface area contributed by atoms with Gasteiger partial charge in [0.25, 0.3) is 0 Å². The lowest BCUT2D eigenvalue weighted by molar-refractivity contribution is -0.196. The monoisotopic (exact) mass is 582 g/mol. The Labute approximate surface area is 229 Å². The van der Waals surface area contributed by atoms with Crippen molar-refractivity contribution in [1.82, 2.24) is 0 Å². The van der Waals surface area contributed by atoms with Crippen LogP contribution >= 0.6 is 15.9 Å². The van der Waals surface area contributed by atoms with Crippen molar-refractivity contribution >= 4 is 39.6 Å². The van der Waals surface area contributed by atoms with Gasteiger partial charge >= 0.3 is 17.9 Å². The van der Waals surface area contributed by atoms with Crippen LogP contribution in [0.15, 0.2) is 0 Å². The lowest BCUT2D eigenvalue weighted by Crippen LogP contribution is -2.64. The number of halogens is 1. The van der Waals surface area contributed by atoms with E-state index in [4.69, 9.17) is 14.2 Å². The van der Waals surface area contributed by atoms with Gasteiger partial charge in [0, 0.05) is 31.6 Å². The molecule has 7 nitrogen and oxygen atoms in total. The first-order valence-electron chi connectivity index (χ1n) is 13.9. The van der Waals surface area contributed by atoms with Crippen molar-refractivity contribution in [3.05, 3.63) is 0 Å². The Kier molecular flexibility index (Phi) is 8.19. The van der Waals surface area contributed by atoms with Gasteiger partial charge in [-0.1, -0.05) is 36.7 Å². The maximum absolute atomic E-state index is 14.1. The van der Waals surface area contributed by atoms with E-state index in [1.54, 1.807) is 0 Å². The van der Waals surface area contributed by atoms with Crippen LogP contribution in [0.4, 0.5) is 0 Å². The summed E-state index contributed by atoms with van der Waals surface area (Å²) < 4.78 is 16.6. The van der Waals surface area contributed by atoms with Crippen molar-refractivity contribution in [3.63, 3.8) is 0 Å². The molecule has 37 heavy (non-hydrogen) atoms. The van der Waals surface area contributed by atoms with Gasteiger partial charge in [0.15, 0.2) is 0 Å². The van der Waals surface area contributed by atoms with Gasteiger partial charge in [0.1, 0.15) is 18.0 Å². The minimum atomic E-state index is -0.330. The number of rotatable bonds is 6. The molecule has 0 bridgehead atoms. The number of fused-ring (bicyclic) bond motifs is 5. The number of ketones is 1. The van der Waals surface area contributed by atoms with Crippen molar-refractivity contribution in [3.8, 4) is 0 Å². The van der Waals surface area contributed by atoms with Crippen LogP contribution in [0.2, 0.25) is 0 Å². The second-order valence-electron chi connectivity index (χ2n) is 12.6. The van der Waals surface area contributed by atoms with Crippen LogP contribution in [0.3, 0.4) is 0 Å². The first-order valence-corrected chi connectivity index (χ1v) is 14.8. The number of hydrogen-bond acceptors (Lipinski definition) is 7. The van der Waals surface area contributed by atoms with E-state index in [9.17, 15) is 19.2 Å². The van der Waals surface area contributed by atoms with Crippen molar-refractivity contribution in [2.24, 2.45) is 46.3 Å². The third-order valence-electron chi connectivity index (χ3n) is 10.9. The summed E-state index contributed by atoms with van der Waals surface area (Å²) in [6.45, 7) is 9.64. The van der Waals surface area contributed by atoms with Gasteiger partial charge in [-0.3, -0.25) is 19.2 Å². The summed E-state index contributed by atoms with van der Waals surface area (Å²) in [6.07, 6.45) is 5.54. The standard InChI is InChI=1S/C29H43BrO7/c1-15(7-10-24(33)35-6)19-8-9-20-25-21(14-23(29(19,20)5)37-17(3)32)28(4)12-11-18(36-16(2)31)13-22(28)26(30)27(25)34/h15,18-23,25-26H,7-14H2,1-6H3/t15-,18-,19+,20-,21+,22+,23+,25+,26-,28-,29+/m1/s1. The third-order valence-corrected chi connectivity index (χ3v) is 12.0. The normalized spacial score (nSPS) is 43.6. The number of ether oxygens (including phenoxy) is 3. The molecule has 0 aromatic carbocycles. The molecule has 4 aliphatic rings. The Morgan fingerprint density at radius 1 is 1.00 bits per heavy atom. The molecule has 0 aromatic rings. The zero-order chi connectivity index (χ0) is 27.3. The molecule has 4 fully saturated rings. The highest BCUT2D eigenvalue weighted by atomic mass is 79.9. The molecule has 8 heteroatoms. The molecule has 0 N–H and O–H groups in total. The Morgan fingerprint density at radius 3 is 2.30 bits per heavy atom. The first kappa shape index (κ1) is 28.6. The molecular formula is C29H43BrO7. The van der Waals surface area contributed by atoms with E-state index >= 15 is 0 Å². The Morgan fingerprint density at radius 2 is 1.68 bits per heavy atom. The minimum absolute atomic E-state index is 0.0675. The van der Waals surface area contributed by atoms with Gasteiger partial charge in [-0.2, -0.15) is 0 Å². The number of carbonyl (C=O) groups excluding carboxylic acids is 4. The molecule has 0 radical (unpaired) electrons. The van der Waals surface area contributed by atoms with Crippen LogP contribution in [-0.2, 0) is 33.4 Å². The third kappa shape index (κ3) is 4.89. The number of carbonyl (C=O) groups is 4. The lowest BCUT2D eigenvalue weighted by atomic mass is 9.43. The van der Waals surface area contributed by atoms with Gasteiger partial charge in [-0.15, -0.1) is 0 Å². The van der Waals surface area contributed by atoms with E-state index in [0.717, 1.165) is 25.7 Å². The van der Waals surface area contributed by atoms with Gasteiger partial charge in [0.2, 0.25) is 0 Å². The summed E-state index contributed by atoms with van der Waals surface area (Å²) in [7, 11) is 1.41. The van der Waals surface area contributed by atoms with Gasteiger partial charge in [-0.25, -0.2) is 0 Å². The lowest BCUT2D eigenvalue weighted by Gasteiger charge is -2.63. The zero-order valence-corrected chi connectivity index (χ0v) is 24.7. The fourth-order valence-electron chi connectivity index (χ4n) is 9.18. The highest BCUT2D eigenvalue weighted by Gasteiger charge is 2.68. The highest BCUT2D eigenvalue weighted by molar-refractivity contribution is 9.10. The molecule has 0 saturated heterocycles. The molecule has 0 unspecified atom stereocenters. The summed E-state index contributed by atoms with van der Waals surface area (Å²) in [6, 6.07) is 0. The summed E-state index contributed by atoms with van der Waals surface area (Å²) in [5, 5.41) is 0. The number of methoxy groups -OCH3 is 1. The topological polar surface area (TPSA) is 96.0 Å². The van der Waals surface area contributed by atoms with Crippen molar-refractivity contribution in [1.29, 1.82) is 0 Å². The second kappa shape index (κ2) is 10.6. The van der Waals surface area contributed by atoms with Crippen LogP contribution in [0.5, 0.6) is 0 Å².